The van der Waals surface area contributed by atoms with Gasteiger partial charge < -0.3 is 5.32 Å². The zero-order valence-electron chi connectivity index (χ0n) is 9.16. The Kier molecular flexibility index (Phi) is 3.05. The number of nitrogens with one attached hydrogen (secondary N) is 1. The molecular formula is C11H18N2O2. The first-order valence-electron chi connectivity index (χ1n) is 5.82. The number of rotatable bonds is 4. The first-order chi connectivity index (χ1) is 7.22. The Hall–Kier alpha value is -0.900. The Balaban J connectivity index is 1.91. The van der Waals surface area contributed by atoms with Crippen molar-refractivity contribution in [3.05, 3.63) is 0 Å². The van der Waals surface area contributed by atoms with Crippen molar-refractivity contribution >= 4 is 11.8 Å². The molecule has 15 heavy (non-hydrogen) atoms. The molecule has 4 nitrogen and oxygen atoms in total. The largest absolute Gasteiger partial charge is 0.303 e. The SMILES string of the molecule is CCCN1C(=O)CC(NC2CCC2)C1=O. The highest BCUT2D eigenvalue weighted by atomic mass is 16.2. The average molecular weight is 210 g/mol. The summed E-state index contributed by atoms with van der Waals surface area (Å²) in [7, 11) is 0. The molecule has 84 valence electrons. The number of hydrogen-bond acceptors (Lipinski definition) is 3. The van der Waals surface area contributed by atoms with Gasteiger partial charge in [0.15, 0.2) is 0 Å². The van der Waals surface area contributed by atoms with E-state index in [0.717, 1.165) is 19.3 Å². The van der Waals surface area contributed by atoms with Crippen molar-refractivity contribution in [3.8, 4) is 0 Å². The second kappa shape index (κ2) is 4.31. The highest BCUT2D eigenvalue weighted by molar-refractivity contribution is 6.05. The van der Waals surface area contributed by atoms with Crippen LogP contribution < -0.4 is 5.32 Å². The predicted octanol–water partition coefficient (Wildman–Crippen LogP) is 0.666. The van der Waals surface area contributed by atoms with E-state index in [2.05, 4.69) is 5.32 Å². The van der Waals surface area contributed by atoms with E-state index in [0.29, 0.717) is 19.0 Å². The van der Waals surface area contributed by atoms with Crippen molar-refractivity contribution in [2.24, 2.45) is 0 Å². The van der Waals surface area contributed by atoms with Crippen LogP contribution in [0.15, 0.2) is 0 Å². The van der Waals surface area contributed by atoms with Gasteiger partial charge in [-0.15, -0.1) is 0 Å². The Bertz CT molecular complexity index is 274. The van der Waals surface area contributed by atoms with Crippen LogP contribution in [0, 0.1) is 0 Å². The average Bonchev–Trinajstić information content (AvgIpc) is 2.40. The van der Waals surface area contributed by atoms with Crippen molar-refractivity contribution in [2.75, 3.05) is 6.54 Å². The fourth-order valence-corrected chi connectivity index (χ4v) is 2.13. The van der Waals surface area contributed by atoms with Crippen LogP contribution in [0.4, 0.5) is 0 Å². The highest BCUT2D eigenvalue weighted by Crippen LogP contribution is 2.22. The molecule has 1 aliphatic heterocycles. The molecule has 1 unspecified atom stereocenters. The lowest BCUT2D eigenvalue weighted by atomic mass is 9.92. The number of hydrogen-bond donors (Lipinski definition) is 1. The third kappa shape index (κ3) is 2.04. The van der Waals surface area contributed by atoms with E-state index in [4.69, 9.17) is 0 Å². The van der Waals surface area contributed by atoms with E-state index < -0.39 is 0 Å². The number of nitrogens with zero attached hydrogens (tertiary/aromatic N) is 1. The summed E-state index contributed by atoms with van der Waals surface area (Å²) in [5.41, 5.74) is 0. The number of carbonyl (C=O) groups excluding carboxylic acids is 2. The van der Waals surface area contributed by atoms with Crippen molar-refractivity contribution in [3.63, 3.8) is 0 Å². The maximum absolute atomic E-state index is 11.8. The minimum absolute atomic E-state index is 0.0151. The van der Waals surface area contributed by atoms with Crippen molar-refractivity contribution < 1.29 is 9.59 Å². The van der Waals surface area contributed by atoms with Gasteiger partial charge in [-0.1, -0.05) is 13.3 Å². The highest BCUT2D eigenvalue weighted by Gasteiger charge is 2.39. The molecule has 2 aliphatic rings. The topological polar surface area (TPSA) is 49.4 Å². The summed E-state index contributed by atoms with van der Waals surface area (Å²) < 4.78 is 0. The second-order valence-corrected chi connectivity index (χ2v) is 4.43. The quantitative estimate of drug-likeness (QED) is 0.694. The smallest absolute Gasteiger partial charge is 0.246 e. The van der Waals surface area contributed by atoms with Gasteiger partial charge in [-0.25, -0.2) is 0 Å². The summed E-state index contributed by atoms with van der Waals surface area (Å²) in [6.45, 7) is 2.55. The second-order valence-electron chi connectivity index (χ2n) is 4.43. The van der Waals surface area contributed by atoms with Crippen molar-refractivity contribution in [2.45, 2.75) is 51.1 Å². The monoisotopic (exact) mass is 210 g/mol. The fourth-order valence-electron chi connectivity index (χ4n) is 2.13. The molecule has 1 heterocycles. The number of imide groups is 1. The minimum atomic E-state index is -0.241. The summed E-state index contributed by atoms with van der Waals surface area (Å²) in [4.78, 5) is 24.8. The van der Waals surface area contributed by atoms with E-state index in [9.17, 15) is 9.59 Å². The lowest BCUT2D eigenvalue weighted by Gasteiger charge is -2.28. The maximum Gasteiger partial charge on any atom is 0.246 e. The Morgan fingerprint density at radius 3 is 2.67 bits per heavy atom. The van der Waals surface area contributed by atoms with Crippen molar-refractivity contribution in [1.29, 1.82) is 0 Å². The molecule has 0 aromatic carbocycles. The molecule has 0 aromatic rings. The molecule has 1 atom stereocenters. The number of carbonyl (C=O) groups is 2. The first-order valence-corrected chi connectivity index (χ1v) is 5.82. The summed E-state index contributed by atoms with van der Waals surface area (Å²) >= 11 is 0. The third-order valence-electron chi connectivity index (χ3n) is 3.23. The van der Waals surface area contributed by atoms with E-state index in [-0.39, 0.29) is 17.9 Å². The molecule has 0 bridgehead atoms. The molecule has 4 heteroatoms. The normalized spacial score (nSPS) is 27.3. The molecule has 2 fully saturated rings. The summed E-state index contributed by atoms with van der Waals surface area (Å²) in [6.07, 6.45) is 4.73. The van der Waals surface area contributed by atoms with E-state index in [1.165, 1.54) is 11.3 Å². The summed E-state index contributed by atoms with van der Waals surface area (Å²) in [5, 5.41) is 3.27. The number of amides is 2. The van der Waals surface area contributed by atoms with Crippen LogP contribution >= 0.6 is 0 Å². The van der Waals surface area contributed by atoms with Gasteiger partial charge in [0.1, 0.15) is 0 Å². The summed E-state index contributed by atoms with van der Waals surface area (Å²) in [5.74, 6) is -0.0348. The molecule has 1 saturated carbocycles. The first kappa shape index (κ1) is 10.6. The zero-order valence-corrected chi connectivity index (χ0v) is 9.16. The van der Waals surface area contributed by atoms with Gasteiger partial charge in [0.05, 0.1) is 12.5 Å². The van der Waals surface area contributed by atoms with Gasteiger partial charge in [0.25, 0.3) is 0 Å². The molecule has 1 aliphatic carbocycles. The van der Waals surface area contributed by atoms with Crippen LogP contribution in [0.3, 0.4) is 0 Å². The zero-order chi connectivity index (χ0) is 10.8. The lowest BCUT2D eigenvalue weighted by molar-refractivity contribution is -0.138. The molecule has 1 N–H and O–H groups in total. The van der Waals surface area contributed by atoms with Crippen LogP contribution in [-0.2, 0) is 9.59 Å². The van der Waals surface area contributed by atoms with Crippen LogP contribution in [0.25, 0.3) is 0 Å². The molecule has 0 aromatic heterocycles. The summed E-state index contributed by atoms with van der Waals surface area (Å²) in [6, 6.07) is 0.225. The van der Waals surface area contributed by atoms with Gasteiger partial charge in [-0.05, 0) is 19.3 Å². The maximum atomic E-state index is 11.8. The van der Waals surface area contributed by atoms with Gasteiger partial charge in [0, 0.05) is 12.6 Å². The Morgan fingerprint density at radius 1 is 1.40 bits per heavy atom. The Morgan fingerprint density at radius 2 is 2.13 bits per heavy atom. The van der Waals surface area contributed by atoms with E-state index in [1.54, 1.807) is 0 Å². The predicted molar refractivity (Wildman–Crippen MR) is 56.2 cm³/mol. The standard InChI is InChI=1S/C11H18N2O2/c1-2-6-13-10(14)7-9(11(13)15)12-8-4-3-5-8/h8-9,12H,2-7H2,1H3. The third-order valence-corrected chi connectivity index (χ3v) is 3.23. The number of likely N-dealkylation sites (tertiary alicyclic amines) is 1. The van der Waals surface area contributed by atoms with Gasteiger partial charge in [0.2, 0.25) is 11.8 Å². The van der Waals surface area contributed by atoms with Crippen LogP contribution in [0.5, 0.6) is 0 Å². The van der Waals surface area contributed by atoms with Crippen molar-refractivity contribution in [1.82, 2.24) is 10.2 Å². The molecular weight excluding hydrogens is 192 g/mol. The molecule has 2 amide bonds. The van der Waals surface area contributed by atoms with Gasteiger partial charge >= 0.3 is 0 Å². The minimum Gasteiger partial charge on any atom is -0.303 e. The van der Waals surface area contributed by atoms with Crippen LogP contribution in [0.1, 0.15) is 39.0 Å². The fraction of sp³-hybridized carbons (Fsp3) is 0.818. The van der Waals surface area contributed by atoms with Gasteiger partial charge in [-0.2, -0.15) is 0 Å². The van der Waals surface area contributed by atoms with E-state index in [1.807, 2.05) is 6.92 Å². The molecule has 0 radical (unpaired) electrons. The van der Waals surface area contributed by atoms with Crippen LogP contribution in [-0.4, -0.2) is 35.3 Å². The van der Waals surface area contributed by atoms with E-state index >= 15 is 0 Å². The van der Waals surface area contributed by atoms with Gasteiger partial charge in [-0.3, -0.25) is 14.5 Å². The van der Waals surface area contributed by atoms with Crippen LogP contribution in [0.2, 0.25) is 0 Å². The Labute approximate surface area is 90.0 Å². The molecule has 1 saturated heterocycles. The molecule has 2 rings (SSSR count). The molecule has 0 spiro atoms. The lowest BCUT2D eigenvalue weighted by Crippen LogP contribution is -2.46.